The number of aryl methyl sites for hydroxylation is 1. The monoisotopic (exact) mass is 260 g/mol. The van der Waals surface area contributed by atoms with E-state index in [1.165, 1.54) is 5.56 Å². The second-order valence-electron chi connectivity index (χ2n) is 5.26. The van der Waals surface area contributed by atoms with Gasteiger partial charge in [-0.25, -0.2) is 0 Å². The Labute approximate surface area is 113 Å². The number of likely N-dealkylation sites (tertiary alicyclic amines) is 1. The van der Waals surface area contributed by atoms with Crippen LogP contribution < -0.4 is 5.73 Å². The number of primary amides is 1. The molecule has 0 aromatic heterocycles. The lowest BCUT2D eigenvalue weighted by atomic mass is 9.96. The van der Waals surface area contributed by atoms with Gasteiger partial charge in [-0.05, 0) is 44.0 Å². The number of carbonyl (C=O) groups excluding carboxylic acids is 2. The first kappa shape index (κ1) is 13.7. The Morgan fingerprint density at radius 3 is 2.63 bits per heavy atom. The largest absolute Gasteiger partial charge is 0.369 e. The smallest absolute Gasteiger partial charge is 0.220 e. The van der Waals surface area contributed by atoms with Gasteiger partial charge in [0, 0.05) is 18.0 Å². The number of hydrogen-bond donors (Lipinski definition) is 1. The van der Waals surface area contributed by atoms with E-state index >= 15 is 0 Å². The van der Waals surface area contributed by atoms with Crippen LogP contribution in [0.5, 0.6) is 0 Å². The lowest BCUT2D eigenvalue weighted by molar-refractivity contribution is -0.123. The Bertz CT molecular complexity index is 477. The van der Waals surface area contributed by atoms with E-state index in [1.807, 2.05) is 19.1 Å². The van der Waals surface area contributed by atoms with Gasteiger partial charge in [-0.2, -0.15) is 0 Å². The van der Waals surface area contributed by atoms with E-state index < -0.39 is 0 Å². The number of aldehydes is 1. The van der Waals surface area contributed by atoms with Crippen LogP contribution in [-0.4, -0.2) is 30.2 Å². The number of rotatable bonds is 4. The molecule has 1 amide bonds. The van der Waals surface area contributed by atoms with Gasteiger partial charge >= 0.3 is 0 Å². The maximum atomic E-state index is 11.1. The maximum Gasteiger partial charge on any atom is 0.220 e. The predicted molar refractivity (Wildman–Crippen MR) is 73.8 cm³/mol. The van der Waals surface area contributed by atoms with Gasteiger partial charge in [0.2, 0.25) is 5.91 Å². The molecule has 1 aromatic rings. The van der Waals surface area contributed by atoms with Crippen molar-refractivity contribution in [3.05, 3.63) is 34.9 Å². The third-order valence-corrected chi connectivity index (χ3v) is 3.86. The average molecular weight is 260 g/mol. The van der Waals surface area contributed by atoms with E-state index in [0.717, 1.165) is 49.9 Å². The van der Waals surface area contributed by atoms with Crippen molar-refractivity contribution in [3.63, 3.8) is 0 Å². The molecule has 0 bridgehead atoms. The van der Waals surface area contributed by atoms with Crippen LogP contribution in [0.1, 0.15) is 34.3 Å². The molecule has 0 radical (unpaired) electrons. The van der Waals surface area contributed by atoms with Crippen molar-refractivity contribution >= 4 is 12.2 Å². The molecule has 1 aromatic carbocycles. The average Bonchev–Trinajstić information content (AvgIpc) is 2.39. The summed E-state index contributed by atoms with van der Waals surface area (Å²) in [4.78, 5) is 24.2. The summed E-state index contributed by atoms with van der Waals surface area (Å²) in [6.45, 7) is 4.63. The second kappa shape index (κ2) is 5.97. The van der Waals surface area contributed by atoms with Crippen LogP contribution >= 0.6 is 0 Å². The summed E-state index contributed by atoms with van der Waals surface area (Å²) in [6, 6.07) is 5.93. The normalized spacial score (nSPS) is 17.3. The van der Waals surface area contributed by atoms with E-state index in [0.29, 0.717) is 0 Å². The second-order valence-corrected chi connectivity index (χ2v) is 5.26. The van der Waals surface area contributed by atoms with Crippen molar-refractivity contribution in [2.24, 2.45) is 11.7 Å². The molecule has 0 spiro atoms. The van der Waals surface area contributed by atoms with E-state index in [-0.39, 0.29) is 11.8 Å². The topological polar surface area (TPSA) is 63.4 Å². The molecule has 1 aliphatic heterocycles. The highest BCUT2D eigenvalue weighted by Crippen LogP contribution is 2.19. The van der Waals surface area contributed by atoms with Gasteiger partial charge in [-0.1, -0.05) is 18.2 Å². The fraction of sp³-hybridized carbons (Fsp3) is 0.467. The Hall–Kier alpha value is -1.68. The Morgan fingerprint density at radius 2 is 2.11 bits per heavy atom. The minimum Gasteiger partial charge on any atom is -0.369 e. The van der Waals surface area contributed by atoms with Crippen molar-refractivity contribution < 1.29 is 9.59 Å². The summed E-state index contributed by atoms with van der Waals surface area (Å²) in [7, 11) is 0. The standard InChI is InChI=1S/C15H20N2O2/c1-11-8-12(2-3-14(11)10-18)9-17-6-4-13(5-7-17)15(16)19/h2-3,8,10,13H,4-7,9H2,1H3,(H2,16,19). The van der Waals surface area contributed by atoms with Gasteiger partial charge in [0.15, 0.2) is 0 Å². The molecule has 102 valence electrons. The lowest BCUT2D eigenvalue weighted by Gasteiger charge is -2.30. The molecule has 1 saturated heterocycles. The quantitative estimate of drug-likeness (QED) is 0.835. The highest BCUT2D eigenvalue weighted by atomic mass is 16.1. The van der Waals surface area contributed by atoms with E-state index in [4.69, 9.17) is 5.73 Å². The molecule has 0 atom stereocenters. The number of amides is 1. The highest BCUT2D eigenvalue weighted by Gasteiger charge is 2.22. The van der Waals surface area contributed by atoms with Gasteiger partial charge in [-0.15, -0.1) is 0 Å². The number of benzene rings is 1. The first-order valence-electron chi connectivity index (χ1n) is 6.66. The van der Waals surface area contributed by atoms with Gasteiger partial charge in [0.05, 0.1) is 0 Å². The molecule has 0 unspecified atom stereocenters. The van der Waals surface area contributed by atoms with E-state index in [9.17, 15) is 9.59 Å². The number of hydrogen-bond acceptors (Lipinski definition) is 3. The third-order valence-electron chi connectivity index (χ3n) is 3.86. The Morgan fingerprint density at radius 1 is 1.42 bits per heavy atom. The fourth-order valence-electron chi connectivity index (χ4n) is 2.60. The summed E-state index contributed by atoms with van der Waals surface area (Å²) in [5.41, 5.74) is 8.30. The van der Waals surface area contributed by atoms with Crippen LogP contribution in [-0.2, 0) is 11.3 Å². The molecule has 0 saturated carbocycles. The van der Waals surface area contributed by atoms with Gasteiger partial charge in [-0.3, -0.25) is 14.5 Å². The Balaban J connectivity index is 1.94. The SMILES string of the molecule is Cc1cc(CN2CCC(C(N)=O)CC2)ccc1C=O. The van der Waals surface area contributed by atoms with Crippen LogP contribution in [0, 0.1) is 12.8 Å². The molecule has 19 heavy (non-hydrogen) atoms. The van der Waals surface area contributed by atoms with Crippen LogP contribution in [0.4, 0.5) is 0 Å². The van der Waals surface area contributed by atoms with Crippen molar-refractivity contribution in [1.82, 2.24) is 4.90 Å². The molecule has 2 rings (SSSR count). The van der Waals surface area contributed by atoms with E-state index in [2.05, 4.69) is 11.0 Å². The van der Waals surface area contributed by atoms with Crippen LogP contribution in [0.3, 0.4) is 0 Å². The minimum absolute atomic E-state index is 0.0374. The molecule has 4 nitrogen and oxygen atoms in total. The molecular formula is C15H20N2O2. The maximum absolute atomic E-state index is 11.1. The summed E-state index contributed by atoms with van der Waals surface area (Å²) in [6.07, 6.45) is 2.58. The Kier molecular flexibility index (Phi) is 4.32. The van der Waals surface area contributed by atoms with Crippen molar-refractivity contribution in [2.45, 2.75) is 26.3 Å². The van der Waals surface area contributed by atoms with Gasteiger partial charge in [0.25, 0.3) is 0 Å². The van der Waals surface area contributed by atoms with Gasteiger partial charge in [0.1, 0.15) is 6.29 Å². The van der Waals surface area contributed by atoms with Crippen molar-refractivity contribution in [1.29, 1.82) is 0 Å². The molecular weight excluding hydrogens is 240 g/mol. The first-order valence-corrected chi connectivity index (χ1v) is 6.66. The fourth-order valence-corrected chi connectivity index (χ4v) is 2.60. The predicted octanol–water partition coefficient (Wildman–Crippen LogP) is 1.50. The zero-order valence-corrected chi connectivity index (χ0v) is 11.3. The first-order chi connectivity index (χ1) is 9.10. The number of carbonyl (C=O) groups is 2. The highest BCUT2D eigenvalue weighted by molar-refractivity contribution is 5.77. The zero-order valence-electron chi connectivity index (χ0n) is 11.3. The van der Waals surface area contributed by atoms with E-state index in [1.54, 1.807) is 0 Å². The molecule has 1 heterocycles. The van der Waals surface area contributed by atoms with Crippen LogP contribution in [0.15, 0.2) is 18.2 Å². The van der Waals surface area contributed by atoms with Crippen LogP contribution in [0.25, 0.3) is 0 Å². The number of nitrogens with two attached hydrogens (primary N) is 1. The zero-order chi connectivity index (χ0) is 13.8. The minimum atomic E-state index is -0.175. The summed E-state index contributed by atoms with van der Waals surface area (Å²) in [5, 5.41) is 0. The summed E-state index contributed by atoms with van der Waals surface area (Å²) in [5.74, 6) is -0.138. The van der Waals surface area contributed by atoms with Gasteiger partial charge < -0.3 is 5.73 Å². The molecule has 4 heteroatoms. The molecule has 2 N–H and O–H groups in total. The van der Waals surface area contributed by atoms with Crippen molar-refractivity contribution in [3.8, 4) is 0 Å². The molecule has 1 fully saturated rings. The molecule has 1 aliphatic rings. The van der Waals surface area contributed by atoms with Crippen LogP contribution in [0.2, 0.25) is 0 Å². The number of nitrogens with zero attached hydrogens (tertiary/aromatic N) is 1. The van der Waals surface area contributed by atoms with Crippen molar-refractivity contribution in [2.75, 3.05) is 13.1 Å². The summed E-state index contributed by atoms with van der Waals surface area (Å²) < 4.78 is 0. The lowest BCUT2D eigenvalue weighted by Crippen LogP contribution is -2.38. The molecule has 0 aliphatic carbocycles. The summed E-state index contributed by atoms with van der Waals surface area (Å²) >= 11 is 0. The number of piperidine rings is 1. The third kappa shape index (κ3) is 3.41.